The second kappa shape index (κ2) is 8.42. The SMILES string of the molecule is CC(=O)N1CCCC1(Cc1ccccc1F)C(=O)N1CCCN(C2CCC2)CC1. The molecule has 2 heterocycles. The molecule has 4 rings (SSSR count). The minimum Gasteiger partial charge on any atom is -0.339 e. The van der Waals surface area contributed by atoms with Gasteiger partial charge in [-0.3, -0.25) is 14.5 Å². The van der Waals surface area contributed by atoms with Crippen LogP contribution in [-0.2, 0) is 16.0 Å². The van der Waals surface area contributed by atoms with Crippen molar-refractivity contribution in [3.63, 3.8) is 0 Å². The van der Waals surface area contributed by atoms with Crippen molar-refractivity contribution in [2.75, 3.05) is 32.7 Å². The first-order valence-electron chi connectivity index (χ1n) is 11.1. The van der Waals surface area contributed by atoms with Crippen LogP contribution in [0.25, 0.3) is 0 Å². The highest BCUT2D eigenvalue weighted by atomic mass is 19.1. The summed E-state index contributed by atoms with van der Waals surface area (Å²) in [5.41, 5.74) is -0.445. The van der Waals surface area contributed by atoms with Gasteiger partial charge in [0.1, 0.15) is 11.4 Å². The van der Waals surface area contributed by atoms with Crippen LogP contribution in [0.2, 0.25) is 0 Å². The van der Waals surface area contributed by atoms with E-state index in [-0.39, 0.29) is 24.1 Å². The van der Waals surface area contributed by atoms with Gasteiger partial charge < -0.3 is 9.80 Å². The van der Waals surface area contributed by atoms with Gasteiger partial charge in [-0.05, 0) is 43.7 Å². The highest BCUT2D eigenvalue weighted by molar-refractivity contribution is 5.92. The monoisotopic (exact) mass is 401 g/mol. The van der Waals surface area contributed by atoms with Crippen LogP contribution in [0.4, 0.5) is 4.39 Å². The number of nitrogens with zero attached hydrogens (tertiary/aromatic N) is 3. The van der Waals surface area contributed by atoms with Crippen molar-refractivity contribution in [1.29, 1.82) is 0 Å². The van der Waals surface area contributed by atoms with Gasteiger partial charge in [0.05, 0.1) is 0 Å². The number of hydrogen-bond donors (Lipinski definition) is 0. The molecular formula is C23H32FN3O2. The Balaban J connectivity index is 1.58. The average molecular weight is 402 g/mol. The Hall–Kier alpha value is -1.95. The van der Waals surface area contributed by atoms with E-state index in [2.05, 4.69) is 4.90 Å². The lowest BCUT2D eigenvalue weighted by Gasteiger charge is -2.41. The summed E-state index contributed by atoms with van der Waals surface area (Å²) in [7, 11) is 0. The van der Waals surface area contributed by atoms with Crippen molar-refractivity contribution < 1.29 is 14.0 Å². The maximum atomic E-state index is 14.5. The minimum atomic E-state index is -0.959. The maximum Gasteiger partial charge on any atom is 0.248 e. The van der Waals surface area contributed by atoms with Crippen LogP contribution >= 0.6 is 0 Å². The van der Waals surface area contributed by atoms with Crippen LogP contribution in [-0.4, -0.2) is 70.8 Å². The Kier molecular flexibility index (Phi) is 5.91. The van der Waals surface area contributed by atoms with Crippen molar-refractivity contribution in [2.24, 2.45) is 0 Å². The number of benzene rings is 1. The predicted molar refractivity (Wildman–Crippen MR) is 110 cm³/mol. The standard InChI is InChI=1S/C23H32FN3O2/c1-18(28)27-14-5-11-23(27,17-19-7-2-3-10-21(19)24)22(29)26-13-6-12-25(15-16-26)20-8-4-9-20/h2-3,7,10,20H,4-6,8-9,11-17H2,1H3. The first-order chi connectivity index (χ1) is 14.0. The van der Waals surface area contributed by atoms with E-state index in [1.807, 2.05) is 4.90 Å². The van der Waals surface area contributed by atoms with E-state index in [0.29, 0.717) is 37.7 Å². The minimum absolute atomic E-state index is 0.00362. The summed E-state index contributed by atoms with van der Waals surface area (Å²) in [5.74, 6) is -0.399. The van der Waals surface area contributed by atoms with E-state index in [4.69, 9.17) is 0 Å². The molecule has 6 heteroatoms. The third kappa shape index (κ3) is 3.91. The van der Waals surface area contributed by atoms with Crippen LogP contribution in [0.15, 0.2) is 24.3 Å². The molecule has 1 saturated carbocycles. The van der Waals surface area contributed by atoms with Gasteiger partial charge in [0.25, 0.3) is 0 Å². The molecule has 0 N–H and O–H groups in total. The number of halogens is 1. The van der Waals surface area contributed by atoms with Crippen LogP contribution in [0.5, 0.6) is 0 Å². The summed E-state index contributed by atoms with van der Waals surface area (Å²) >= 11 is 0. The van der Waals surface area contributed by atoms with Crippen molar-refractivity contribution in [3.05, 3.63) is 35.6 Å². The number of hydrogen-bond acceptors (Lipinski definition) is 3. The quantitative estimate of drug-likeness (QED) is 0.779. The van der Waals surface area contributed by atoms with E-state index in [1.165, 1.54) is 32.3 Å². The van der Waals surface area contributed by atoms with E-state index in [9.17, 15) is 14.0 Å². The zero-order chi connectivity index (χ0) is 20.4. The maximum absolute atomic E-state index is 14.5. The van der Waals surface area contributed by atoms with E-state index >= 15 is 0 Å². The van der Waals surface area contributed by atoms with E-state index in [0.717, 1.165) is 25.9 Å². The lowest BCUT2D eigenvalue weighted by atomic mass is 9.86. The summed E-state index contributed by atoms with van der Waals surface area (Å²) < 4.78 is 14.5. The highest BCUT2D eigenvalue weighted by Gasteiger charge is 2.51. The van der Waals surface area contributed by atoms with Crippen LogP contribution in [0.1, 0.15) is 51.0 Å². The molecule has 1 aromatic carbocycles. The van der Waals surface area contributed by atoms with Gasteiger partial charge in [-0.1, -0.05) is 24.6 Å². The summed E-state index contributed by atoms with van der Waals surface area (Å²) in [6, 6.07) is 7.31. The zero-order valence-electron chi connectivity index (χ0n) is 17.4. The van der Waals surface area contributed by atoms with Crippen molar-refractivity contribution in [3.8, 4) is 0 Å². The fourth-order valence-electron chi connectivity index (χ4n) is 5.33. The highest BCUT2D eigenvalue weighted by Crippen LogP contribution is 2.36. The molecule has 0 spiro atoms. The fourth-order valence-corrected chi connectivity index (χ4v) is 5.33. The van der Waals surface area contributed by atoms with Gasteiger partial charge in [-0.2, -0.15) is 0 Å². The van der Waals surface area contributed by atoms with Crippen LogP contribution in [0, 0.1) is 5.82 Å². The van der Waals surface area contributed by atoms with E-state index in [1.54, 1.807) is 23.1 Å². The van der Waals surface area contributed by atoms with Crippen molar-refractivity contribution >= 4 is 11.8 Å². The zero-order valence-corrected chi connectivity index (χ0v) is 17.4. The largest absolute Gasteiger partial charge is 0.339 e. The Bertz CT molecular complexity index is 766. The molecule has 1 aliphatic carbocycles. The number of likely N-dealkylation sites (tertiary alicyclic amines) is 1. The lowest BCUT2D eigenvalue weighted by molar-refractivity contribution is -0.150. The smallest absolute Gasteiger partial charge is 0.248 e. The summed E-state index contributed by atoms with van der Waals surface area (Å²) in [6.07, 6.45) is 6.43. The Morgan fingerprint density at radius 3 is 2.52 bits per heavy atom. The molecule has 29 heavy (non-hydrogen) atoms. The van der Waals surface area contributed by atoms with Crippen LogP contribution < -0.4 is 0 Å². The van der Waals surface area contributed by atoms with Gasteiger partial charge in [-0.25, -0.2) is 4.39 Å². The first kappa shape index (κ1) is 20.3. The topological polar surface area (TPSA) is 43.9 Å². The van der Waals surface area contributed by atoms with Gasteiger partial charge in [-0.15, -0.1) is 0 Å². The molecule has 5 nitrogen and oxygen atoms in total. The molecule has 1 atom stereocenters. The number of carbonyl (C=O) groups excluding carboxylic acids is 2. The second-order valence-corrected chi connectivity index (χ2v) is 8.84. The summed E-state index contributed by atoms with van der Waals surface area (Å²) in [4.78, 5) is 32.5. The third-order valence-electron chi connectivity index (χ3n) is 7.12. The molecule has 3 fully saturated rings. The molecule has 0 aromatic heterocycles. The van der Waals surface area contributed by atoms with Gasteiger partial charge >= 0.3 is 0 Å². The Labute approximate surface area is 172 Å². The summed E-state index contributed by atoms with van der Waals surface area (Å²) in [5, 5.41) is 0. The van der Waals surface area contributed by atoms with Crippen molar-refractivity contribution in [1.82, 2.24) is 14.7 Å². The second-order valence-electron chi connectivity index (χ2n) is 8.84. The molecule has 0 radical (unpaired) electrons. The number of carbonyl (C=O) groups is 2. The van der Waals surface area contributed by atoms with Gasteiger partial charge in [0, 0.05) is 52.1 Å². The molecular weight excluding hydrogens is 369 g/mol. The van der Waals surface area contributed by atoms with Gasteiger partial charge in [0.15, 0.2) is 0 Å². The third-order valence-corrected chi connectivity index (χ3v) is 7.12. The Morgan fingerprint density at radius 2 is 1.83 bits per heavy atom. The van der Waals surface area contributed by atoms with Gasteiger partial charge in [0.2, 0.25) is 11.8 Å². The molecule has 0 bridgehead atoms. The molecule has 2 aliphatic heterocycles. The molecule has 1 aromatic rings. The number of rotatable bonds is 4. The molecule has 2 saturated heterocycles. The number of amides is 2. The molecule has 3 aliphatic rings. The van der Waals surface area contributed by atoms with E-state index < -0.39 is 5.54 Å². The first-order valence-corrected chi connectivity index (χ1v) is 11.1. The summed E-state index contributed by atoms with van der Waals surface area (Å²) in [6.45, 7) is 5.43. The van der Waals surface area contributed by atoms with Crippen molar-refractivity contribution in [2.45, 2.75) is 63.5 Å². The molecule has 2 amide bonds. The predicted octanol–water partition coefficient (Wildman–Crippen LogP) is 2.84. The fraction of sp³-hybridized carbons (Fsp3) is 0.652. The average Bonchev–Trinajstić information content (AvgIpc) is 2.95. The molecule has 1 unspecified atom stereocenters. The van der Waals surface area contributed by atoms with Crippen LogP contribution in [0.3, 0.4) is 0 Å². The lowest BCUT2D eigenvalue weighted by Crippen LogP contribution is -2.59. The normalized spacial score (nSPS) is 26.3. The molecule has 158 valence electrons. The Morgan fingerprint density at radius 1 is 1.03 bits per heavy atom.